The number of aromatic nitrogens is 3. The Morgan fingerprint density at radius 1 is 1.08 bits per heavy atom. The second-order valence-corrected chi connectivity index (χ2v) is 6.72. The van der Waals surface area contributed by atoms with Crippen molar-refractivity contribution in [1.82, 2.24) is 15.0 Å². The van der Waals surface area contributed by atoms with Crippen molar-refractivity contribution in [3.63, 3.8) is 0 Å². The Bertz CT molecular complexity index is 863. The van der Waals surface area contributed by atoms with Crippen LogP contribution in [0, 0.1) is 6.92 Å². The van der Waals surface area contributed by atoms with Gasteiger partial charge in [-0.15, -0.1) is 0 Å². The maximum atomic E-state index is 5.23. The molecule has 2 aromatic heterocycles. The van der Waals surface area contributed by atoms with Crippen molar-refractivity contribution >= 4 is 16.9 Å². The minimum Gasteiger partial charge on any atom is -0.497 e. The van der Waals surface area contributed by atoms with Crippen molar-refractivity contribution in [3.05, 3.63) is 47.4 Å². The summed E-state index contributed by atoms with van der Waals surface area (Å²) in [6.45, 7) is 4.14. The Morgan fingerprint density at radius 2 is 1.84 bits per heavy atom. The normalized spacial score (nSPS) is 14.9. The van der Waals surface area contributed by atoms with Crippen LogP contribution in [-0.4, -0.2) is 35.2 Å². The minimum atomic E-state index is 0.836. The number of aromatic amines is 1. The van der Waals surface area contributed by atoms with Gasteiger partial charge in [0.15, 0.2) is 5.82 Å². The van der Waals surface area contributed by atoms with Crippen LogP contribution < -0.4 is 9.64 Å². The Kier molecular flexibility index (Phi) is 4.30. The molecular formula is C20H24N4O. The first kappa shape index (κ1) is 15.9. The zero-order valence-corrected chi connectivity index (χ0v) is 14.9. The summed E-state index contributed by atoms with van der Waals surface area (Å²) < 4.78 is 5.23. The third-order valence-electron chi connectivity index (χ3n) is 4.84. The molecule has 1 N–H and O–H groups in total. The lowest BCUT2D eigenvalue weighted by atomic mass is 10.1. The summed E-state index contributed by atoms with van der Waals surface area (Å²) in [7, 11) is 1.69. The van der Waals surface area contributed by atoms with Crippen molar-refractivity contribution < 1.29 is 4.74 Å². The van der Waals surface area contributed by atoms with E-state index in [4.69, 9.17) is 9.72 Å². The number of rotatable bonds is 4. The highest BCUT2D eigenvalue weighted by atomic mass is 16.5. The molecule has 4 rings (SSSR count). The number of piperidine rings is 1. The number of methoxy groups -OCH3 is 1. The maximum absolute atomic E-state index is 5.23. The summed E-state index contributed by atoms with van der Waals surface area (Å²) in [5.74, 6) is 2.78. The van der Waals surface area contributed by atoms with Gasteiger partial charge in [0.05, 0.1) is 12.6 Å². The molecule has 1 saturated heterocycles. The van der Waals surface area contributed by atoms with Gasteiger partial charge >= 0.3 is 0 Å². The first-order chi connectivity index (χ1) is 12.2. The van der Waals surface area contributed by atoms with E-state index in [0.717, 1.165) is 47.9 Å². The summed E-state index contributed by atoms with van der Waals surface area (Å²) in [6, 6.07) is 10.4. The molecule has 1 fully saturated rings. The molecule has 3 heterocycles. The summed E-state index contributed by atoms with van der Waals surface area (Å²) in [4.78, 5) is 15.3. The van der Waals surface area contributed by atoms with E-state index in [1.54, 1.807) is 7.11 Å². The van der Waals surface area contributed by atoms with Crippen molar-refractivity contribution in [2.24, 2.45) is 0 Å². The molecule has 0 bridgehead atoms. The summed E-state index contributed by atoms with van der Waals surface area (Å²) in [5.41, 5.74) is 4.49. The molecule has 0 atom stereocenters. The lowest BCUT2D eigenvalue weighted by molar-refractivity contribution is 0.414. The fourth-order valence-electron chi connectivity index (χ4n) is 3.56. The highest BCUT2D eigenvalue weighted by Gasteiger charge is 2.18. The lowest BCUT2D eigenvalue weighted by Crippen LogP contribution is -2.30. The van der Waals surface area contributed by atoms with E-state index in [2.05, 4.69) is 33.1 Å². The summed E-state index contributed by atoms with van der Waals surface area (Å²) in [6.07, 6.45) is 4.64. The topological polar surface area (TPSA) is 54.0 Å². The largest absolute Gasteiger partial charge is 0.497 e. The number of nitrogens with zero attached hydrogens (tertiary/aromatic N) is 3. The first-order valence-corrected chi connectivity index (χ1v) is 8.97. The van der Waals surface area contributed by atoms with Gasteiger partial charge < -0.3 is 14.6 Å². The highest BCUT2D eigenvalue weighted by Crippen LogP contribution is 2.27. The lowest BCUT2D eigenvalue weighted by Gasteiger charge is -2.28. The number of benzene rings is 1. The predicted octanol–water partition coefficient (Wildman–Crippen LogP) is 3.86. The number of ether oxygens (including phenoxy) is 1. The zero-order valence-electron chi connectivity index (χ0n) is 14.9. The van der Waals surface area contributed by atoms with Crippen molar-refractivity contribution in [2.75, 3.05) is 25.1 Å². The molecule has 1 aromatic carbocycles. The van der Waals surface area contributed by atoms with Crippen LogP contribution in [0.4, 0.5) is 5.82 Å². The third-order valence-corrected chi connectivity index (χ3v) is 4.84. The summed E-state index contributed by atoms with van der Waals surface area (Å²) >= 11 is 0. The quantitative estimate of drug-likeness (QED) is 0.786. The maximum Gasteiger partial charge on any atom is 0.156 e. The van der Waals surface area contributed by atoms with E-state index in [9.17, 15) is 0 Å². The fraction of sp³-hybridized carbons (Fsp3) is 0.400. The Hall–Kier alpha value is -2.56. The molecule has 0 spiro atoms. The molecule has 0 radical (unpaired) electrons. The number of hydrogen-bond donors (Lipinski definition) is 1. The Labute approximate surface area is 148 Å². The number of nitrogens with one attached hydrogen (secondary N) is 1. The van der Waals surface area contributed by atoms with Gasteiger partial charge in [0.1, 0.15) is 17.1 Å². The van der Waals surface area contributed by atoms with Gasteiger partial charge in [0.2, 0.25) is 0 Å². The Morgan fingerprint density at radius 3 is 2.56 bits per heavy atom. The first-order valence-electron chi connectivity index (χ1n) is 8.97. The third kappa shape index (κ3) is 3.31. The number of fused-ring (bicyclic) bond motifs is 1. The molecule has 5 heteroatoms. The monoisotopic (exact) mass is 336 g/mol. The molecule has 3 aromatic rings. The zero-order chi connectivity index (χ0) is 17.2. The number of H-pyrrole nitrogens is 1. The molecule has 0 saturated carbocycles. The second kappa shape index (κ2) is 6.75. The predicted molar refractivity (Wildman–Crippen MR) is 100 cm³/mol. The van der Waals surface area contributed by atoms with Crippen LogP contribution in [0.3, 0.4) is 0 Å². The highest BCUT2D eigenvalue weighted by molar-refractivity contribution is 5.87. The number of hydrogen-bond acceptors (Lipinski definition) is 4. The van der Waals surface area contributed by atoms with Crippen LogP contribution in [0.2, 0.25) is 0 Å². The SMILES string of the molecule is COc1ccc(Cc2cc3nc(C)nc(N4CCCCC4)c3[nH]2)cc1. The average Bonchev–Trinajstić information content (AvgIpc) is 3.04. The van der Waals surface area contributed by atoms with Crippen LogP contribution in [0.25, 0.3) is 11.0 Å². The fourth-order valence-corrected chi connectivity index (χ4v) is 3.56. The number of aryl methyl sites for hydroxylation is 1. The van der Waals surface area contributed by atoms with Crippen LogP contribution in [-0.2, 0) is 6.42 Å². The molecule has 1 aliphatic rings. The van der Waals surface area contributed by atoms with Gasteiger partial charge in [-0.2, -0.15) is 0 Å². The van der Waals surface area contributed by atoms with Gasteiger partial charge in [-0.05, 0) is 49.9 Å². The van der Waals surface area contributed by atoms with E-state index in [-0.39, 0.29) is 0 Å². The Balaban J connectivity index is 1.66. The molecule has 0 aliphatic carbocycles. The van der Waals surface area contributed by atoms with Crippen molar-refractivity contribution in [2.45, 2.75) is 32.6 Å². The molecular weight excluding hydrogens is 312 g/mol. The second-order valence-electron chi connectivity index (χ2n) is 6.72. The van der Waals surface area contributed by atoms with Gasteiger partial charge in [0, 0.05) is 25.2 Å². The van der Waals surface area contributed by atoms with Crippen LogP contribution in [0.1, 0.15) is 36.3 Å². The van der Waals surface area contributed by atoms with Crippen molar-refractivity contribution in [3.8, 4) is 5.75 Å². The minimum absolute atomic E-state index is 0.836. The van der Waals surface area contributed by atoms with Crippen molar-refractivity contribution in [1.29, 1.82) is 0 Å². The van der Waals surface area contributed by atoms with Gasteiger partial charge in [-0.1, -0.05) is 12.1 Å². The number of anilines is 1. The van der Waals surface area contributed by atoms with Gasteiger partial charge in [0.25, 0.3) is 0 Å². The average molecular weight is 336 g/mol. The van der Waals surface area contributed by atoms with E-state index < -0.39 is 0 Å². The van der Waals surface area contributed by atoms with Crippen LogP contribution >= 0.6 is 0 Å². The molecule has 0 unspecified atom stereocenters. The van der Waals surface area contributed by atoms with E-state index in [1.807, 2.05) is 19.1 Å². The standard InChI is InChI=1S/C20H24N4O/c1-14-21-18-13-16(12-15-6-8-17(25-2)9-7-15)23-19(18)20(22-14)24-10-4-3-5-11-24/h6-9,13,23H,3-5,10-12H2,1-2H3. The molecule has 5 nitrogen and oxygen atoms in total. The molecule has 0 amide bonds. The van der Waals surface area contributed by atoms with Gasteiger partial charge in [-0.25, -0.2) is 9.97 Å². The summed E-state index contributed by atoms with van der Waals surface area (Å²) in [5, 5.41) is 0. The van der Waals surface area contributed by atoms with E-state index in [0.29, 0.717) is 0 Å². The molecule has 130 valence electrons. The van der Waals surface area contributed by atoms with E-state index >= 15 is 0 Å². The van der Waals surface area contributed by atoms with Gasteiger partial charge in [-0.3, -0.25) is 0 Å². The molecule has 25 heavy (non-hydrogen) atoms. The molecule has 1 aliphatic heterocycles. The van der Waals surface area contributed by atoms with E-state index in [1.165, 1.54) is 30.5 Å². The van der Waals surface area contributed by atoms with Crippen LogP contribution in [0.15, 0.2) is 30.3 Å². The van der Waals surface area contributed by atoms with Crippen LogP contribution in [0.5, 0.6) is 5.75 Å². The smallest absolute Gasteiger partial charge is 0.156 e.